The van der Waals surface area contributed by atoms with E-state index in [4.69, 9.17) is 5.73 Å². The Balaban J connectivity index is 1.61. The topological polar surface area (TPSA) is 55.1 Å². The predicted octanol–water partition coefficient (Wildman–Crippen LogP) is 2.25. The fourth-order valence-corrected chi connectivity index (χ4v) is 2.41. The molecule has 1 fully saturated rings. The molecule has 3 heteroatoms. The third-order valence-electron chi connectivity index (χ3n) is 4.00. The van der Waals surface area contributed by atoms with E-state index in [0.29, 0.717) is 6.42 Å². The fourth-order valence-electron chi connectivity index (χ4n) is 2.41. The fraction of sp³-hybridized carbons (Fsp3) is 0.562. The van der Waals surface area contributed by atoms with Crippen LogP contribution < -0.4 is 11.1 Å². The van der Waals surface area contributed by atoms with E-state index < -0.39 is 0 Å². The van der Waals surface area contributed by atoms with Gasteiger partial charge in [0.15, 0.2) is 0 Å². The minimum atomic E-state index is -0.387. The molecule has 1 aliphatic rings. The second-order valence-corrected chi connectivity index (χ2v) is 5.51. The van der Waals surface area contributed by atoms with E-state index in [2.05, 4.69) is 17.4 Å². The van der Waals surface area contributed by atoms with Crippen LogP contribution >= 0.6 is 0 Å². The van der Waals surface area contributed by atoms with E-state index in [1.807, 2.05) is 18.2 Å². The summed E-state index contributed by atoms with van der Waals surface area (Å²) in [6, 6.07) is 9.78. The largest absolute Gasteiger partial charge is 0.355 e. The second kappa shape index (κ2) is 7.29. The van der Waals surface area contributed by atoms with E-state index in [1.54, 1.807) is 0 Å². The number of hydrogen-bond donors (Lipinski definition) is 2. The number of hydrogen-bond acceptors (Lipinski definition) is 2. The van der Waals surface area contributed by atoms with Gasteiger partial charge in [0, 0.05) is 6.54 Å². The van der Waals surface area contributed by atoms with E-state index in [9.17, 15) is 4.79 Å². The molecule has 0 saturated heterocycles. The lowest BCUT2D eigenvalue weighted by Gasteiger charge is -2.25. The first-order valence-electron chi connectivity index (χ1n) is 7.33. The number of rotatable bonds is 7. The van der Waals surface area contributed by atoms with Crippen molar-refractivity contribution in [1.29, 1.82) is 0 Å². The highest BCUT2D eigenvalue weighted by atomic mass is 16.2. The first-order chi connectivity index (χ1) is 9.25. The molecule has 0 radical (unpaired) electrons. The Kier molecular flexibility index (Phi) is 5.40. The SMILES string of the molecule is N[C@@H](CCc1ccccc1)C(=O)NCCC1CCC1. The summed E-state index contributed by atoms with van der Waals surface area (Å²) in [6.45, 7) is 0.780. The summed E-state index contributed by atoms with van der Waals surface area (Å²) in [6.07, 6.45) is 6.69. The van der Waals surface area contributed by atoms with Crippen molar-refractivity contribution < 1.29 is 4.79 Å². The summed E-state index contributed by atoms with van der Waals surface area (Å²) in [4.78, 5) is 11.8. The molecule has 104 valence electrons. The minimum absolute atomic E-state index is 0.00439. The van der Waals surface area contributed by atoms with Crippen LogP contribution in [0.3, 0.4) is 0 Å². The van der Waals surface area contributed by atoms with Crippen LogP contribution in [0.25, 0.3) is 0 Å². The van der Waals surface area contributed by atoms with Gasteiger partial charge in [-0.25, -0.2) is 0 Å². The average Bonchev–Trinajstić information content (AvgIpc) is 2.39. The van der Waals surface area contributed by atoms with Crippen LogP contribution in [0.1, 0.15) is 37.7 Å². The second-order valence-electron chi connectivity index (χ2n) is 5.51. The summed E-state index contributed by atoms with van der Waals surface area (Å²) < 4.78 is 0. The third kappa shape index (κ3) is 4.67. The molecule has 19 heavy (non-hydrogen) atoms. The van der Waals surface area contributed by atoms with Gasteiger partial charge in [-0.05, 0) is 30.7 Å². The number of carbonyl (C=O) groups is 1. The smallest absolute Gasteiger partial charge is 0.236 e. The summed E-state index contributed by atoms with van der Waals surface area (Å²) in [5.41, 5.74) is 7.15. The van der Waals surface area contributed by atoms with Crippen molar-refractivity contribution in [3.63, 3.8) is 0 Å². The van der Waals surface area contributed by atoms with Crippen molar-refractivity contribution in [2.24, 2.45) is 11.7 Å². The zero-order valence-electron chi connectivity index (χ0n) is 11.5. The average molecular weight is 260 g/mol. The highest BCUT2D eigenvalue weighted by Gasteiger charge is 2.18. The van der Waals surface area contributed by atoms with Crippen molar-refractivity contribution in [2.75, 3.05) is 6.54 Å². The maximum atomic E-state index is 11.8. The maximum absolute atomic E-state index is 11.8. The molecule has 0 aromatic heterocycles. The van der Waals surface area contributed by atoms with Gasteiger partial charge < -0.3 is 11.1 Å². The first-order valence-corrected chi connectivity index (χ1v) is 7.33. The number of benzene rings is 1. The molecule has 0 aliphatic heterocycles. The Morgan fingerprint density at radius 1 is 1.32 bits per heavy atom. The number of nitrogens with one attached hydrogen (secondary N) is 1. The van der Waals surface area contributed by atoms with Crippen LogP contribution in [0.2, 0.25) is 0 Å². The quantitative estimate of drug-likeness (QED) is 0.790. The number of amides is 1. The molecule has 2 rings (SSSR count). The summed E-state index contributed by atoms with van der Waals surface area (Å²) >= 11 is 0. The van der Waals surface area contributed by atoms with Gasteiger partial charge in [0.2, 0.25) is 5.91 Å². The summed E-state index contributed by atoms with van der Waals surface area (Å²) in [5.74, 6) is 0.830. The van der Waals surface area contributed by atoms with Crippen LogP contribution in [0, 0.1) is 5.92 Å². The lowest BCUT2D eigenvalue weighted by molar-refractivity contribution is -0.122. The van der Waals surface area contributed by atoms with Gasteiger partial charge in [-0.1, -0.05) is 49.6 Å². The number of carbonyl (C=O) groups excluding carboxylic acids is 1. The molecule has 1 aromatic carbocycles. The molecule has 1 saturated carbocycles. The van der Waals surface area contributed by atoms with Crippen LogP contribution in [0.4, 0.5) is 0 Å². The Bertz CT molecular complexity index is 387. The minimum Gasteiger partial charge on any atom is -0.355 e. The van der Waals surface area contributed by atoms with Gasteiger partial charge in [-0.2, -0.15) is 0 Å². The van der Waals surface area contributed by atoms with Crippen LogP contribution in [-0.2, 0) is 11.2 Å². The van der Waals surface area contributed by atoms with Crippen LogP contribution in [0.15, 0.2) is 30.3 Å². The van der Waals surface area contributed by atoms with Gasteiger partial charge in [0.25, 0.3) is 0 Å². The van der Waals surface area contributed by atoms with Gasteiger partial charge >= 0.3 is 0 Å². The molecule has 0 unspecified atom stereocenters. The first kappa shape index (κ1) is 14.1. The van der Waals surface area contributed by atoms with E-state index in [1.165, 1.54) is 24.8 Å². The molecule has 1 aliphatic carbocycles. The van der Waals surface area contributed by atoms with E-state index in [-0.39, 0.29) is 11.9 Å². The van der Waals surface area contributed by atoms with Crippen molar-refractivity contribution in [1.82, 2.24) is 5.32 Å². The van der Waals surface area contributed by atoms with E-state index in [0.717, 1.165) is 25.3 Å². The molecule has 3 N–H and O–H groups in total. The zero-order chi connectivity index (χ0) is 13.5. The highest BCUT2D eigenvalue weighted by Crippen LogP contribution is 2.28. The van der Waals surface area contributed by atoms with Gasteiger partial charge in [0.05, 0.1) is 6.04 Å². The monoisotopic (exact) mass is 260 g/mol. The maximum Gasteiger partial charge on any atom is 0.236 e. The van der Waals surface area contributed by atoms with Crippen LogP contribution in [-0.4, -0.2) is 18.5 Å². The molecule has 1 atom stereocenters. The van der Waals surface area contributed by atoms with Gasteiger partial charge in [-0.15, -0.1) is 0 Å². The molecule has 3 nitrogen and oxygen atoms in total. The standard InChI is InChI=1S/C16H24N2O/c17-15(10-9-13-5-2-1-3-6-13)16(19)18-12-11-14-7-4-8-14/h1-3,5-6,14-15H,4,7-12,17H2,(H,18,19)/t15-/m0/s1. The van der Waals surface area contributed by atoms with Gasteiger partial charge in [0.1, 0.15) is 0 Å². The molecule has 0 bridgehead atoms. The lowest BCUT2D eigenvalue weighted by Crippen LogP contribution is -2.41. The van der Waals surface area contributed by atoms with Gasteiger partial charge in [-0.3, -0.25) is 4.79 Å². The van der Waals surface area contributed by atoms with E-state index >= 15 is 0 Å². The molecule has 0 heterocycles. The molecule has 1 amide bonds. The Labute approximate surface area is 115 Å². The Morgan fingerprint density at radius 2 is 2.05 bits per heavy atom. The Morgan fingerprint density at radius 3 is 2.68 bits per heavy atom. The highest BCUT2D eigenvalue weighted by molar-refractivity contribution is 5.81. The molecular weight excluding hydrogens is 236 g/mol. The summed E-state index contributed by atoms with van der Waals surface area (Å²) in [5, 5.41) is 2.95. The number of nitrogens with two attached hydrogens (primary N) is 1. The number of aryl methyl sites for hydroxylation is 1. The van der Waals surface area contributed by atoms with Crippen molar-refractivity contribution in [3.05, 3.63) is 35.9 Å². The van der Waals surface area contributed by atoms with Crippen LogP contribution in [0.5, 0.6) is 0 Å². The zero-order valence-corrected chi connectivity index (χ0v) is 11.5. The summed E-state index contributed by atoms with van der Waals surface area (Å²) in [7, 11) is 0. The predicted molar refractivity (Wildman–Crippen MR) is 77.7 cm³/mol. The lowest BCUT2D eigenvalue weighted by atomic mass is 9.83. The van der Waals surface area contributed by atoms with Crippen molar-refractivity contribution >= 4 is 5.91 Å². The molecular formula is C16H24N2O. The Hall–Kier alpha value is -1.35. The molecule has 1 aromatic rings. The third-order valence-corrected chi connectivity index (χ3v) is 4.00. The normalized spacial score (nSPS) is 16.7. The van der Waals surface area contributed by atoms with Crippen molar-refractivity contribution in [3.8, 4) is 0 Å². The molecule has 0 spiro atoms. The van der Waals surface area contributed by atoms with Crippen molar-refractivity contribution in [2.45, 2.75) is 44.6 Å².